The Morgan fingerprint density at radius 3 is 2.38 bits per heavy atom. The van der Waals surface area contributed by atoms with Gasteiger partial charge >= 0.3 is 7.12 Å². The molecule has 5 heteroatoms. The fourth-order valence-electron chi connectivity index (χ4n) is 3.15. The topological polar surface area (TPSA) is 47.1 Å². The minimum atomic E-state index is -0.313. The average molecular weight is 324 g/mol. The molecule has 0 bridgehead atoms. The lowest BCUT2D eigenvalue weighted by atomic mass is 9.77. The van der Waals surface area contributed by atoms with Crippen molar-refractivity contribution in [2.75, 3.05) is 0 Å². The fraction of sp³-hybridized carbons (Fsp3) is 0.526. The lowest BCUT2D eigenvalue weighted by Crippen LogP contribution is -2.41. The first-order valence-electron chi connectivity index (χ1n) is 8.78. The van der Waals surface area contributed by atoms with Crippen molar-refractivity contribution in [1.82, 2.24) is 9.97 Å². The zero-order valence-electron chi connectivity index (χ0n) is 15.1. The molecular formula is C19H25BN2O2. The molecule has 1 aliphatic carbocycles. The molecule has 1 aliphatic heterocycles. The zero-order valence-corrected chi connectivity index (χ0v) is 15.1. The number of hydrogen-bond donors (Lipinski definition) is 1. The van der Waals surface area contributed by atoms with Gasteiger partial charge in [0.05, 0.1) is 23.1 Å². The SMILES string of the molecule is Cc1cc(B2OC(C)(C)C(C)(C)O2)ccc1-c1cnc(C2CC2)[nH]1. The maximum atomic E-state index is 6.15. The van der Waals surface area contributed by atoms with Gasteiger partial charge in [-0.15, -0.1) is 0 Å². The van der Waals surface area contributed by atoms with E-state index < -0.39 is 0 Å². The number of aryl methyl sites for hydroxylation is 1. The molecule has 0 unspecified atom stereocenters. The van der Waals surface area contributed by atoms with Crippen LogP contribution in [0.4, 0.5) is 0 Å². The third-order valence-electron chi connectivity index (χ3n) is 5.63. The van der Waals surface area contributed by atoms with E-state index in [9.17, 15) is 0 Å². The van der Waals surface area contributed by atoms with Crippen molar-refractivity contribution < 1.29 is 9.31 Å². The first kappa shape index (κ1) is 15.9. The van der Waals surface area contributed by atoms with Crippen molar-refractivity contribution in [3.8, 4) is 11.3 Å². The summed E-state index contributed by atoms with van der Waals surface area (Å²) >= 11 is 0. The van der Waals surface area contributed by atoms with Crippen molar-refractivity contribution >= 4 is 12.6 Å². The molecule has 126 valence electrons. The van der Waals surface area contributed by atoms with Crippen molar-refractivity contribution in [2.45, 2.75) is 64.6 Å². The maximum absolute atomic E-state index is 6.15. The van der Waals surface area contributed by atoms with Crippen LogP contribution in [0.5, 0.6) is 0 Å². The van der Waals surface area contributed by atoms with Gasteiger partial charge in [0.25, 0.3) is 0 Å². The number of imidazole rings is 1. The van der Waals surface area contributed by atoms with Crippen LogP contribution in [0.3, 0.4) is 0 Å². The van der Waals surface area contributed by atoms with E-state index in [4.69, 9.17) is 9.31 Å². The summed E-state index contributed by atoms with van der Waals surface area (Å²) in [5.74, 6) is 1.77. The zero-order chi connectivity index (χ0) is 17.1. The van der Waals surface area contributed by atoms with Crippen molar-refractivity contribution in [3.05, 3.63) is 35.8 Å². The normalized spacial score (nSPS) is 22.1. The molecule has 0 amide bonds. The quantitative estimate of drug-likeness (QED) is 0.878. The van der Waals surface area contributed by atoms with Crippen molar-refractivity contribution in [1.29, 1.82) is 0 Å². The van der Waals surface area contributed by atoms with Gasteiger partial charge in [-0.1, -0.05) is 18.2 Å². The van der Waals surface area contributed by atoms with Crippen LogP contribution in [-0.2, 0) is 9.31 Å². The minimum absolute atomic E-state index is 0.313. The number of benzene rings is 1. The maximum Gasteiger partial charge on any atom is 0.494 e. The Morgan fingerprint density at radius 1 is 1.12 bits per heavy atom. The van der Waals surface area contributed by atoms with E-state index in [0.29, 0.717) is 5.92 Å². The monoisotopic (exact) mass is 324 g/mol. The second kappa shape index (κ2) is 5.20. The Kier molecular flexibility index (Phi) is 3.45. The molecule has 2 fully saturated rings. The summed E-state index contributed by atoms with van der Waals surface area (Å²) in [6, 6.07) is 6.40. The second-order valence-electron chi connectivity index (χ2n) is 8.12. The first-order valence-corrected chi connectivity index (χ1v) is 8.78. The summed E-state index contributed by atoms with van der Waals surface area (Å²) in [6.07, 6.45) is 4.46. The molecule has 4 nitrogen and oxygen atoms in total. The van der Waals surface area contributed by atoms with Crippen LogP contribution in [0, 0.1) is 6.92 Å². The van der Waals surface area contributed by atoms with E-state index in [0.717, 1.165) is 17.0 Å². The van der Waals surface area contributed by atoms with Crippen LogP contribution in [0.25, 0.3) is 11.3 Å². The lowest BCUT2D eigenvalue weighted by molar-refractivity contribution is 0.00578. The van der Waals surface area contributed by atoms with Gasteiger partial charge < -0.3 is 14.3 Å². The highest BCUT2D eigenvalue weighted by Crippen LogP contribution is 2.39. The third-order valence-corrected chi connectivity index (χ3v) is 5.63. The van der Waals surface area contributed by atoms with Gasteiger partial charge in [0.2, 0.25) is 0 Å². The van der Waals surface area contributed by atoms with E-state index in [2.05, 4.69) is 62.8 Å². The Balaban J connectivity index is 1.60. The molecule has 2 aromatic rings. The lowest BCUT2D eigenvalue weighted by Gasteiger charge is -2.32. The smallest absolute Gasteiger partial charge is 0.399 e. The van der Waals surface area contributed by atoms with Crippen LogP contribution < -0.4 is 5.46 Å². The molecule has 1 N–H and O–H groups in total. The highest BCUT2D eigenvalue weighted by atomic mass is 16.7. The molecule has 0 atom stereocenters. The van der Waals surface area contributed by atoms with Gasteiger partial charge in [-0.25, -0.2) is 4.98 Å². The van der Waals surface area contributed by atoms with Gasteiger partial charge in [-0.05, 0) is 58.5 Å². The number of H-pyrrole nitrogens is 1. The molecule has 1 saturated carbocycles. The number of rotatable bonds is 3. The number of nitrogens with one attached hydrogen (secondary N) is 1. The molecule has 1 saturated heterocycles. The highest BCUT2D eigenvalue weighted by molar-refractivity contribution is 6.62. The fourth-order valence-corrected chi connectivity index (χ4v) is 3.15. The minimum Gasteiger partial charge on any atom is -0.399 e. The summed E-state index contributed by atoms with van der Waals surface area (Å²) in [7, 11) is -0.313. The third kappa shape index (κ3) is 2.60. The summed E-state index contributed by atoms with van der Waals surface area (Å²) < 4.78 is 12.3. The molecule has 0 spiro atoms. The Bertz CT molecular complexity index is 761. The van der Waals surface area contributed by atoms with Gasteiger partial charge in [0.1, 0.15) is 5.82 Å². The van der Waals surface area contributed by atoms with E-state index in [1.807, 2.05) is 6.20 Å². The van der Waals surface area contributed by atoms with E-state index in [-0.39, 0.29) is 18.3 Å². The second-order valence-corrected chi connectivity index (χ2v) is 8.12. The molecule has 24 heavy (non-hydrogen) atoms. The molecular weight excluding hydrogens is 299 g/mol. The number of aromatic amines is 1. The molecule has 1 aromatic carbocycles. The van der Waals surface area contributed by atoms with Crippen LogP contribution in [0.1, 0.15) is 57.8 Å². The Morgan fingerprint density at radius 2 is 1.79 bits per heavy atom. The highest BCUT2D eigenvalue weighted by Gasteiger charge is 2.51. The Labute approximate surface area is 144 Å². The summed E-state index contributed by atoms with van der Waals surface area (Å²) in [4.78, 5) is 8.00. The van der Waals surface area contributed by atoms with Gasteiger partial charge in [-0.3, -0.25) is 0 Å². The van der Waals surface area contributed by atoms with Crippen LogP contribution in [-0.4, -0.2) is 28.3 Å². The molecule has 2 aliphatic rings. The summed E-state index contributed by atoms with van der Waals surface area (Å²) in [5.41, 5.74) is 3.93. The molecule has 0 radical (unpaired) electrons. The number of hydrogen-bond acceptors (Lipinski definition) is 3. The van der Waals surface area contributed by atoms with Crippen molar-refractivity contribution in [3.63, 3.8) is 0 Å². The summed E-state index contributed by atoms with van der Waals surface area (Å²) in [6.45, 7) is 10.5. The van der Waals surface area contributed by atoms with E-state index >= 15 is 0 Å². The van der Waals surface area contributed by atoms with Gasteiger partial charge in [-0.2, -0.15) is 0 Å². The summed E-state index contributed by atoms with van der Waals surface area (Å²) in [5, 5.41) is 0. The van der Waals surface area contributed by atoms with E-state index in [1.165, 1.54) is 24.0 Å². The molecule has 1 aromatic heterocycles. The first-order chi connectivity index (χ1) is 11.3. The predicted octanol–water partition coefficient (Wildman–Crippen LogP) is 3.56. The van der Waals surface area contributed by atoms with Crippen molar-refractivity contribution in [2.24, 2.45) is 0 Å². The molecule has 4 rings (SSSR count). The standard InChI is InChI=1S/C19H25BN2O2/c1-12-10-14(20-23-18(2,3)19(4,5)24-20)8-9-15(12)16-11-21-17(22-16)13-6-7-13/h8-11,13H,6-7H2,1-5H3,(H,21,22). The number of aromatic nitrogens is 2. The van der Waals surface area contributed by atoms with Gasteiger partial charge in [0.15, 0.2) is 0 Å². The van der Waals surface area contributed by atoms with Crippen LogP contribution in [0.15, 0.2) is 24.4 Å². The number of nitrogens with zero attached hydrogens (tertiary/aromatic N) is 1. The largest absolute Gasteiger partial charge is 0.494 e. The van der Waals surface area contributed by atoms with E-state index in [1.54, 1.807) is 0 Å². The average Bonchev–Trinajstić information content (AvgIpc) is 3.18. The van der Waals surface area contributed by atoms with Gasteiger partial charge in [0, 0.05) is 11.5 Å². The predicted molar refractivity (Wildman–Crippen MR) is 96.5 cm³/mol. The molecule has 2 heterocycles. The van der Waals surface area contributed by atoms with Crippen LogP contribution in [0.2, 0.25) is 0 Å². The van der Waals surface area contributed by atoms with Crippen LogP contribution >= 0.6 is 0 Å². The Hall–Kier alpha value is -1.59.